The smallest absolute Gasteiger partial charge is 0.441 e. The Morgan fingerprint density at radius 1 is 1.33 bits per heavy atom. The minimum Gasteiger partial charge on any atom is -0.508 e. The molecular formula is C10H10F3NO3S. The van der Waals surface area contributed by atoms with Crippen LogP contribution in [0.4, 0.5) is 13.2 Å². The molecule has 0 atom stereocenters. The second kappa shape index (κ2) is 5.85. The van der Waals surface area contributed by atoms with Crippen LogP contribution in [-0.2, 0) is 0 Å². The number of rotatable bonds is 4. The fourth-order valence-corrected chi connectivity index (χ4v) is 1.57. The Morgan fingerprint density at radius 3 is 2.61 bits per heavy atom. The van der Waals surface area contributed by atoms with Crippen molar-refractivity contribution in [3.8, 4) is 11.5 Å². The van der Waals surface area contributed by atoms with E-state index in [1.165, 1.54) is 6.07 Å². The van der Waals surface area contributed by atoms with Gasteiger partial charge in [-0.3, -0.25) is 4.79 Å². The lowest BCUT2D eigenvalue weighted by atomic mass is 10.2. The lowest BCUT2D eigenvalue weighted by molar-refractivity contribution is -0.0327. The number of hydrogen-bond acceptors (Lipinski definition) is 4. The van der Waals surface area contributed by atoms with Gasteiger partial charge in [0.2, 0.25) is 0 Å². The molecule has 1 amide bonds. The number of phenols is 2. The summed E-state index contributed by atoms with van der Waals surface area (Å²) >= 11 is -0.249. The number of halogens is 3. The van der Waals surface area contributed by atoms with Gasteiger partial charge in [0.1, 0.15) is 11.5 Å². The van der Waals surface area contributed by atoms with E-state index < -0.39 is 11.4 Å². The fraction of sp³-hybridized carbons (Fsp3) is 0.300. The summed E-state index contributed by atoms with van der Waals surface area (Å²) in [6.45, 7) is -0.196. The number of benzene rings is 1. The van der Waals surface area contributed by atoms with Crippen LogP contribution in [0.5, 0.6) is 11.5 Å². The third kappa shape index (κ3) is 4.74. The Morgan fingerprint density at radius 2 is 2.00 bits per heavy atom. The molecule has 18 heavy (non-hydrogen) atoms. The highest BCUT2D eigenvalue weighted by molar-refractivity contribution is 8.00. The van der Waals surface area contributed by atoms with Crippen molar-refractivity contribution < 1.29 is 28.2 Å². The summed E-state index contributed by atoms with van der Waals surface area (Å²) in [5.41, 5.74) is -4.52. The van der Waals surface area contributed by atoms with Crippen molar-refractivity contribution in [1.82, 2.24) is 5.32 Å². The Balaban J connectivity index is 2.48. The normalized spacial score (nSPS) is 11.3. The van der Waals surface area contributed by atoms with Crippen LogP contribution in [0.3, 0.4) is 0 Å². The number of hydrogen-bond donors (Lipinski definition) is 3. The first-order valence-corrected chi connectivity index (χ1v) is 5.79. The molecule has 100 valence electrons. The van der Waals surface area contributed by atoms with E-state index in [4.69, 9.17) is 5.11 Å². The average Bonchev–Trinajstić information content (AvgIpc) is 2.26. The molecule has 0 unspecified atom stereocenters. The molecule has 8 heteroatoms. The zero-order valence-corrected chi connectivity index (χ0v) is 9.81. The van der Waals surface area contributed by atoms with Gasteiger partial charge < -0.3 is 15.5 Å². The predicted octanol–water partition coefficient (Wildman–Crippen LogP) is 2.08. The van der Waals surface area contributed by atoms with Crippen LogP contribution < -0.4 is 5.32 Å². The van der Waals surface area contributed by atoms with E-state index in [-0.39, 0.29) is 41.1 Å². The van der Waals surface area contributed by atoms with Gasteiger partial charge in [0, 0.05) is 12.3 Å². The zero-order chi connectivity index (χ0) is 13.8. The van der Waals surface area contributed by atoms with Crippen LogP contribution in [0, 0.1) is 0 Å². The third-order valence-electron chi connectivity index (χ3n) is 1.88. The summed E-state index contributed by atoms with van der Waals surface area (Å²) in [5, 5.41) is 20.7. The number of aromatic hydroxyl groups is 2. The second-order valence-corrected chi connectivity index (χ2v) is 4.41. The molecule has 4 nitrogen and oxygen atoms in total. The SMILES string of the molecule is O=C(NCCSC(F)(F)F)c1cc(O)ccc1O. The summed E-state index contributed by atoms with van der Waals surface area (Å²) in [6.07, 6.45) is 0. The van der Waals surface area contributed by atoms with Crippen LogP contribution in [0.2, 0.25) is 0 Å². The van der Waals surface area contributed by atoms with E-state index in [1.807, 2.05) is 0 Å². The van der Waals surface area contributed by atoms with Crippen molar-refractivity contribution >= 4 is 17.7 Å². The number of carbonyl (C=O) groups excluding carboxylic acids is 1. The lowest BCUT2D eigenvalue weighted by Gasteiger charge is -2.08. The maximum absolute atomic E-state index is 11.8. The largest absolute Gasteiger partial charge is 0.508 e. The fourth-order valence-electron chi connectivity index (χ4n) is 1.13. The number of alkyl halides is 3. The van der Waals surface area contributed by atoms with Gasteiger partial charge in [-0.1, -0.05) is 0 Å². The molecule has 0 saturated carbocycles. The molecule has 0 aromatic heterocycles. The van der Waals surface area contributed by atoms with Gasteiger partial charge in [-0.2, -0.15) is 13.2 Å². The Hall–Kier alpha value is -1.57. The van der Waals surface area contributed by atoms with Crippen molar-refractivity contribution in [2.45, 2.75) is 5.51 Å². The standard InChI is InChI=1S/C10H10F3NO3S/c11-10(12,13)18-4-3-14-9(17)7-5-6(15)1-2-8(7)16/h1-2,5,15-16H,3-4H2,(H,14,17). The third-order valence-corrected chi connectivity index (χ3v) is 2.61. The summed E-state index contributed by atoms with van der Waals surface area (Å²) in [7, 11) is 0. The number of nitrogens with one attached hydrogen (secondary N) is 1. The highest BCUT2D eigenvalue weighted by Crippen LogP contribution is 2.29. The average molecular weight is 281 g/mol. The Labute approximate surface area is 105 Å². The van der Waals surface area contributed by atoms with Crippen LogP contribution >= 0.6 is 11.8 Å². The van der Waals surface area contributed by atoms with Crippen molar-refractivity contribution in [3.05, 3.63) is 23.8 Å². The van der Waals surface area contributed by atoms with E-state index >= 15 is 0 Å². The molecule has 0 bridgehead atoms. The maximum Gasteiger partial charge on any atom is 0.441 e. The number of amides is 1. The van der Waals surface area contributed by atoms with Crippen molar-refractivity contribution in [3.63, 3.8) is 0 Å². The topological polar surface area (TPSA) is 69.6 Å². The molecule has 1 rings (SSSR count). The van der Waals surface area contributed by atoms with Gasteiger partial charge in [-0.25, -0.2) is 0 Å². The van der Waals surface area contributed by atoms with Gasteiger partial charge in [0.05, 0.1) is 5.56 Å². The van der Waals surface area contributed by atoms with Crippen molar-refractivity contribution in [1.29, 1.82) is 0 Å². The zero-order valence-electron chi connectivity index (χ0n) is 8.99. The quantitative estimate of drug-likeness (QED) is 0.584. The minimum absolute atomic E-state index is 0.188. The van der Waals surface area contributed by atoms with Gasteiger partial charge in [-0.05, 0) is 30.0 Å². The lowest BCUT2D eigenvalue weighted by Crippen LogP contribution is -2.26. The molecule has 1 aromatic carbocycles. The first-order chi connectivity index (χ1) is 8.29. The molecule has 0 saturated heterocycles. The first kappa shape index (κ1) is 14.5. The molecule has 3 N–H and O–H groups in total. The molecule has 0 fully saturated rings. The van der Waals surface area contributed by atoms with Crippen LogP contribution in [-0.4, -0.2) is 33.9 Å². The molecule has 1 aromatic rings. The first-order valence-electron chi connectivity index (χ1n) is 4.80. The molecular weight excluding hydrogens is 271 g/mol. The predicted molar refractivity (Wildman–Crippen MR) is 60.6 cm³/mol. The van der Waals surface area contributed by atoms with Gasteiger partial charge >= 0.3 is 5.51 Å². The van der Waals surface area contributed by atoms with E-state index in [0.717, 1.165) is 12.1 Å². The van der Waals surface area contributed by atoms with Gasteiger partial charge in [-0.15, -0.1) is 0 Å². The Kier molecular flexibility index (Phi) is 4.71. The van der Waals surface area contributed by atoms with E-state index in [9.17, 15) is 23.1 Å². The summed E-state index contributed by atoms with van der Waals surface area (Å²) in [6, 6.07) is 3.34. The van der Waals surface area contributed by atoms with Crippen LogP contribution in [0.25, 0.3) is 0 Å². The summed E-state index contributed by atoms with van der Waals surface area (Å²) in [5.74, 6) is -1.64. The van der Waals surface area contributed by atoms with Crippen LogP contribution in [0.15, 0.2) is 18.2 Å². The molecule has 0 aliphatic carbocycles. The molecule has 0 aliphatic heterocycles. The Bertz CT molecular complexity index is 437. The highest BCUT2D eigenvalue weighted by Gasteiger charge is 2.27. The van der Waals surface area contributed by atoms with Gasteiger partial charge in [0.25, 0.3) is 5.91 Å². The number of carbonyl (C=O) groups is 1. The molecule has 0 spiro atoms. The van der Waals surface area contributed by atoms with E-state index in [1.54, 1.807) is 0 Å². The van der Waals surface area contributed by atoms with Crippen LogP contribution in [0.1, 0.15) is 10.4 Å². The monoisotopic (exact) mass is 281 g/mol. The van der Waals surface area contributed by atoms with E-state index in [0.29, 0.717) is 0 Å². The molecule has 0 heterocycles. The number of thioether (sulfide) groups is 1. The molecule has 0 radical (unpaired) electrons. The summed E-state index contributed by atoms with van der Waals surface area (Å²) in [4.78, 5) is 11.5. The van der Waals surface area contributed by atoms with Crippen molar-refractivity contribution in [2.24, 2.45) is 0 Å². The second-order valence-electron chi connectivity index (χ2n) is 3.25. The maximum atomic E-state index is 11.8. The van der Waals surface area contributed by atoms with E-state index in [2.05, 4.69) is 5.32 Å². The minimum atomic E-state index is -4.34. The highest BCUT2D eigenvalue weighted by atomic mass is 32.2. The van der Waals surface area contributed by atoms with Gasteiger partial charge in [0.15, 0.2) is 0 Å². The van der Waals surface area contributed by atoms with Crippen molar-refractivity contribution in [2.75, 3.05) is 12.3 Å². The molecule has 0 aliphatic rings. The number of phenolic OH excluding ortho intramolecular Hbond substituents is 2. The summed E-state index contributed by atoms with van der Waals surface area (Å²) < 4.78 is 35.4.